The Morgan fingerprint density at radius 2 is 1.55 bits per heavy atom. The van der Waals surface area contributed by atoms with Gasteiger partial charge in [0.2, 0.25) is 5.91 Å². The van der Waals surface area contributed by atoms with Crippen LogP contribution in [0.5, 0.6) is 11.5 Å². The van der Waals surface area contributed by atoms with Crippen LogP contribution in [-0.4, -0.2) is 37.2 Å². The number of methoxy groups -OCH3 is 2. The molecule has 0 saturated carbocycles. The smallest absolute Gasteiger partial charge is 0.272 e. The Bertz CT molecular complexity index is 1700. The number of benzene rings is 4. The highest BCUT2D eigenvalue weighted by molar-refractivity contribution is 8.00. The van der Waals surface area contributed by atoms with Crippen LogP contribution >= 0.6 is 35.0 Å². The largest absolute Gasteiger partial charge is 0.497 e. The first-order valence-corrected chi connectivity index (χ1v) is 14.9. The lowest BCUT2D eigenvalue weighted by Gasteiger charge is -2.15. The first kappa shape index (κ1) is 32.5. The van der Waals surface area contributed by atoms with Gasteiger partial charge in [-0.15, -0.1) is 11.8 Å². The molecule has 3 amide bonds. The highest BCUT2D eigenvalue weighted by Crippen LogP contribution is 2.29. The molecule has 0 spiro atoms. The number of rotatable bonds is 11. The van der Waals surface area contributed by atoms with Crippen molar-refractivity contribution in [1.82, 2.24) is 5.32 Å². The van der Waals surface area contributed by atoms with E-state index in [0.29, 0.717) is 44.0 Å². The number of hydrogen-bond donors (Lipinski definition) is 3. The summed E-state index contributed by atoms with van der Waals surface area (Å²) in [5, 5.41) is 8.65. The minimum absolute atomic E-state index is 0.0159. The number of nitrogens with one attached hydrogen (secondary N) is 3. The summed E-state index contributed by atoms with van der Waals surface area (Å²) < 4.78 is 10.8. The molecule has 44 heavy (non-hydrogen) atoms. The molecular formula is C33H29Cl2N3O5S. The zero-order valence-corrected chi connectivity index (χ0v) is 26.3. The summed E-state index contributed by atoms with van der Waals surface area (Å²) in [6, 6.07) is 25.6. The summed E-state index contributed by atoms with van der Waals surface area (Å²) in [6.07, 6.45) is 1.52. The van der Waals surface area contributed by atoms with Gasteiger partial charge in [0.25, 0.3) is 11.8 Å². The predicted molar refractivity (Wildman–Crippen MR) is 177 cm³/mol. The second kappa shape index (κ2) is 15.3. The van der Waals surface area contributed by atoms with Gasteiger partial charge in [-0.25, -0.2) is 0 Å². The summed E-state index contributed by atoms with van der Waals surface area (Å²) in [4.78, 5) is 40.2. The minimum Gasteiger partial charge on any atom is -0.497 e. The molecule has 3 N–H and O–H groups in total. The third-order valence-corrected chi connectivity index (χ3v) is 8.06. The van der Waals surface area contributed by atoms with Crippen molar-refractivity contribution < 1.29 is 23.9 Å². The first-order valence-electron chi connectivity index (χ1n) is 13.3. The van der Waals surface area contributed by atoms with Gasteiger partial charge in [-0.05, 0) is 79.7 Å². The number of thioether (sulfide) groups is 1. The maximum absolute atomic E-state index is 13.6. The quantitative estimate of drug-likeness (QED) is 0.114. The van der Waals surface area contributed by atoms with Gasteiger partial charge in [0.1, 0.15) is 17.2 Å². The molecular weight excluding hydrogens is 621 g/mol. The standard InChI is InChI=1S/C33H29Cl2N3O5S/c1-20(31(39)36-24-12-14-27(34)28(35)19-24)44-26-11-7-10-23(18-26)37-33(41)29(38-32(40)21-8-5-4-6-9-21)17-22-16-25(42-2)13-15-30(22)43-3/h4-20H,1-3H3,(H,36,39)(H,37,41)(H,38,40)/b29-17+. The fourth-order valence-corrected chi connectivity index (χ4v) is 5.20. The molecule has 4 rings (SSSR count). The number of amides is 3. The number of carbonyl (C=O) groups excluding carboxylic acids is 3. The third-order valence-electron chi connectivity index (χ3n) is 6.23. The summed E-state index contributed by atoms with van der Waals surface area (Å²) >= 11 is 13.3. The molecule has 226 valence electrons. The lowest BCUT2D eigenvalue weighted by atomic mass is 10.1. The maximum atomic E-state index is 13.6. The fourth-order valence-electron chi connectivity index (χ4n) is 3.97. The average Bonchev–Trinajstić information content (AvgIpc) is 3.02. The van der Waals surface area contributed by atoms with Crippen molar-refractivity contribution in [2.45, 2.75) is 17.1 Å². The highest BCUT2D eigenvalue weighted by atomic mass is 35.5. The van der Waals surface area contributed by atoms with E-state index in [1.54, 1.807) is 91.9 Å². The van der Waals surface area contributed by atoms with Crippen molar-refractivity contribution in [3.63, 3.8) is 0 Å². The van der Waals surface area contributed by atoms with Crippen LogP contribution in [0.3, 0.4) is 0 Å². The number of halogens is 2. The van der Waals surface area contributed by atoms with Gasteiger partial charge in [-0.1, -0.05) is 47.5 Å². The summed E-state index contributed by atoms with van der Waals surface area (Å²) in [6.45, 7) is 1.77. The van der Waals surface area contributed by atoms with Crippen molar-refractivity contribution in [2.75, 3.05) is 24.9 Å². The van der Waals surface area contributed by atoms with Crippen molar-refractivity contribution in [1.29, 1.82) is 0 Å². The Morgan fingerprint density at radius 1 is 0.795 bits per heavy atom. The molecule has 1 atom stereocenters. The van der Waals surface area contributed by atoms with Gasteiger partial charge in [0.15, 0.2) is 0 Å². The van der Waals surface area contributed by atoms with Crippen LogP contribution in [0, 0.1) is 0 Å². The van der Waals surface area contributed by atoms with Gasteiger partial charge in [0, 0.05) is 27.4 Å². The van der Waals surface area contributed by atoms with E-state index in [1.807, 2.05) is 6.07 Å². The lowest BCUT2D eigenvalue weighted by Crippen LogP contribution is -2.30. The number of anilines is 2. The van der Waals surface area contributed by atoms with Crippen LogP contribution in [0.1, 0.15) is 22.8 Å². The Hall–Kier alpha value is -4.44. The zero-order chi connectivity index (χ0) is 31.6. The molecule has 1 unspecified atom stereocenters. The van der Waals surface area contributed by atoms with Crippen LogP contribution < -0.4 is 25.4 Å². The minimum atomic E-state index is -0.563. The Kier molecular flexibility index (Phi) is 11.3. The molecule has 0 aliphatic rings. The van der Waals surface area contributed by atoms with Crippen LogP contribution in [0.15, 0.2) is 102 Å². The lowest BCUT2D eigenvalue weighted by molar-refractivity contribution is -0.115. The van der Waals surface area contributed by atoms with Gasteiger partial charge >= 0.3 is 0 Å². The molecule has 0 aliphatic carbocycles. The Labute approximate surface area is 269 Å². The van der Waals surface area contributed by atoms with E-state index in [1.165, 1.54) is 32.1 Å². The van der Waals surface area contributed by atoms with Crippen LogP contribution in [0.2, 0.25) is 10.0 Å². The normalized spacial score (nSPS) is 11.7. The molecule has 4 aromatic carbocycles. The molecule has 8 nitrogen and oxygen atoms in total. The summed E-state index contributed by atoms with van der Waals surface area (Å²) in [5.41, 5.74) is 1.89. The number of hydrogen-bond acceptors (Lipinski definition) is 6. The van der Waals surface area contributed by atoms with Gasteiger partial charge in [-0.2, -0.15) is 0 Å². The molecule has 11 heteroatoms. The monoisotopic (exact) mass is 649 g/mol. The molecule has 0 radical (unpaired) electrons. The molecule has 0 saturated heterocycles. The number of ether oxygens (including phenoxy) is 2. The van der Waals surface area contributed by atoms with E-state index in [9.17, 15) is 14.4 Å². The van der Waals surface area contributed by atoms with Crippen molar-refractivity contribution >= 4 is 70.1 Å². The van der Waals surface area contributed by atoms with E-state index in [-0.39, 0.29) is 11.6 Å². The summed E-state index contributed by atoms with van der Waals surface area (Å²) in [5.74, 6) is -0.222. The predicted octanol–water partition coefficient (Wildman–Crippen LogP) is 7.54. The van der Waals surface area contributed by atoms with Gasteiger partial charge in [-0.3, -0.25) is 14.4 Å². The van der Waals surface area contributed by atoms with Crippen molar-refractivity contribution in [3.05, 3.63) is 118 Å². The Balaban J connectivity index is 1.53. The third kappa shape index (κ3) is 8.79. The number of carbonyl (C=O) groups is 3. The second-order valence-electron chi connectivity index (χ2n) is 9.35. The molecule has 0 bridgehead atoms. The van der Waals surface area contributed by atoms with E-state index < -0.39 is 17.1 Å². The molecule has 0 aliphatic heterocycles. The average molecular weight is 651 g/mol. The molecule has 0 fully saturated rings. The summed E-state index contributed by atoms with van der Waals surface area (Å²) in [7, 11) is 3.04. The van der Waals surface area contributed by atoms with E-state index in [2.05, 4.69) is 16.0 Å². The van der Waals surface area contributed by atoms with Gasteiger partial charge < -0.3 is 25.4 Å². The van der Waals surface area contributed by atoms with Crippen LogP contribution in [0.25, 0.3) is 6.08 Å². The van der Waals surface area contributed by atoms with E-state index >= 15 is 0 Å². The zero-order valence-electron chi connectivity index (χ0n) is 24.0. The fraction of sp³-hybridized carbons (Fsp3) is 0.121. The SMILES string of the molecule is COc1ccc(OC)c(/C=C(/NC(=O)c2ccccc2)C(=O)Nc2cccc(SC(C)C(=O)Nc3ccc(Cl)c(Cl)c3)c2)c1. The van der Waals surface area contributed by atoms with Crippen LogP contribution in [-0.2, 0) is 9.59 Å². The molecule has 4 aromatic rings. The van der Waals surface area contributed by atoms with Crippen molar-refractivity contribution in [3.8, 4) is 11.5 Å². The highest BCUT2D eigenvalue weighted by Gasteiger charge is 2.18. The van der Waals surface area contributed by atoms with Crippen LogP contribution in [0.4, 0.5) is 11.4 Å². The Morgan fingerprint density at radius 3 is 2.25 bits per heavy atom. The first-order chi connectivity index (χ1) is 21.2. The maximum Gasteiger partial charge on any atom is 0.272 e. The topological polar surface area (TPSA) is 106 Å². The second-order valence-corrected chi connectivity index (χ2v) is 11.6. The van der Waals surface area contributed by atoms with E-state index in [0.717, 1.165) is 4.90 Å². The van der Waals surface area contributed by atoms with Crippen molar-refractivity contribution in [2.24, 2.45) is 0 Å². The molecule has 0 aromatic heterocycles. The van der Waals surface area contributed by atoms with Gasteiger partial charge in [0.05, 0.1) is 29.5 Å². The van der Waals surface area contributed by atoms with E-state index in [4.69, 9.17) is 32.7 Å². The molecule has 0 heterocycles.